The fourth-order valence-electron chi connectivity index (χ4n) is 2.40. The number of nitrogen functional groups attached to an aromatic ring is 1. The number of nitrogens with two attached hydrogens (primary N) is 1. The Bertz CT molecular complexity index is 489. The Morgan fingerprint density at radius 1 is 1.55 bits per heavy atom. The average Bonchev–Trinajstić information content (AvgIpc) is 3.22. The number of rotatable bonds is 6. The summed E-state index contributed by atoms with van der Waals surface area (Å²) in [5.74, 6) is -0.0332. The molecule has 1 aliphatic rings. The number of ether oxygens (including phenoxy) is 1. The minimum absolute atomic E-state index is 0.154. The van der Waals surface area contributed by atoms with Gasteiger partial charge in [0.25, 0.3) is 5.91 Å². The van der Waals surface area contributed by atoms with E-state index < -0.39 is 5.82 Å². The van der Waals surface area contributed by atoms with E-state index in [9.17, 15) is 9.18 Å². The van der Waals surface area contributed by atoms with Gasteiger partial charge in [-0.3, -0.25) is 4.79 Å². The molecule has 2 rings (SSSR count). The van der Waals surface area contributed by atoms with Crippen LogP contribution >= 0.6 is 0 Å². The summed E-state index contributed by atoms with van der Waals surface area (Å²) in [5.41, 5.74) is 6.30. The number of anilines is 1. The Labute approximate surface area is 118 Å². The van der Waals surface area contributed by atoms with E-state index in [2.05, 4.69) is 0 Å². The maximum atomic E-state index is 13.1. The molecule has 110 valence electrons. The summed E-state index contributed by atoms with van der Waals surface area (Å²) in [6.07, 6.45) is 2.30. The molecule has 1 aliphatic carbocycles. The van der Waals surface area contributed by atoms with E-state index in [4.69, 9.17) is 10.5 Å². The summed E-state index contributed by atoms with van der Waals surface area (Å²) in [6, 6.07) is 4.05. The van der Waals surface area contributed by atoms with Gasteiger partial charge in [-0.25, -0.2) is 4.39 Å². The fraction of sp³-hybridized carbons (Fsp3) is 0.533. The number of hydrogen-bond acceptors (Lipinski definition) is 3. The summed E-state index contributed by atoms with van der Waals surface area (Å²) in [6.45, 7) is 3.04. The molecule has 1 unspecified atom stereocenters. The van der Waals surface area contributed by atoms with Gasteiger partial charge in [0.2, 0.25) is 0 Å². The van der Waals surface area contributed by atoms with E-state index >= 15 is 0 Å². The molecular weight excluding hydrogens is 259 g/mol. The van der Waals surface area contributed by atoms with Crippen LogP contribution in [-0.2, 0) is 4.74 Å². The van der Waals surface area contributed by atoms with E-state index in [1.807, 2.05) is 6.92 Å². The van der Waals surface area contributed by atoms with E-state index in [1.165, 1.54) is 18.2 Å². The normalized spacial score (nSPS) is 15.9. The second kappa shape index (κ2) is 6.22. The molecule has 0 heterocycles. The molecule has 0 aliphatic heterocycles. The molecule has 5 heteroatoms. The summed E-state index contributed by atoms with van der Waals surface area (Å²) >= 11 is 0. The van der Waals surface area contributed by atoms with Gasteiger partial charge in [0, 0.05) is 25.4 Å². The van der Waals surface area contributed by atoms with Crippen molar-refractivity contribution in [3.63, 3.8) is 0 Å². The minimum Gasteiger partial charge on any atom is -0.398 e. The molecule has 2 N–H and O–H groups in total. The Morgan fingerprint density at radius 2 is 2.25 bits per heavy atom. The topological polar surface area (TPSA) is 55.6 Å². The zero-order chi connectivity index (χ0) is 14.7. The number of halogens is 1. The number of benzene rings is 1. The maximum absolute atomic E-state index is 13.1. The van der Waals surface area contributed by atoms with Crippen LogP contribution in [0.15, 0.2) is 18.2 Å². The van der Waals surface area contributed by atoms with Crippen molar-refractivity contribution in [3.8, 4) is 0 Å². The molecule has 20 heavy (non-hydrogen) atoms. The van der Waals surface area contributed by atoms with Crippen LogP contribution in [0.25, 0.3) is 0 Å². The number of methoxy groups -OCH3 is 1. The van der Waals surface area contributed by atoms with Crippen molar-refractivity contribution in [2.75, 3.05) is 26.0 Å². The molecule has 0 aromatic heterocycles. The first-order chi connectivity index (χ1) is 9.54. The molecule has 0 radical (unpaired) electrons. The highest BCUT2D eigenvalue weighted by atomic mass is 19.1. The van der Waals surface area contributed by atoms with Crippen LogP contribution in [0.2, 0.25) is 0 Å². The van der Waals surface area contributed by atoms with Crippen LogP contribution in [0, 0.1) is 11.7 Å². The molecule has 1 aromatic rings. The van der Waals surface area contributed by atoms with Gasteiger partial charge in [0.05, 0.1) is 12.2 Å². The van der Waals surface area contributed by atoms with Gasteiger partial charge in [-0.2, -0.15) is 0 Å². The number of hydrogen-bond donors (Lipinski definition) is 1. The highest BCUT2D eigenvalue weighted by Crippen LogP contribution is 2.35. The van der Waals surface area contributed by atoms with Crippen LogP contribution in [-0.4, -0.2) is 37.1 Å². The highest BCUT2D eigenvalue weighted by molar-refractivity contribution is 5.99. The summed E-state index contributed by atoms with van der Waals surface area (Å²) in [4.78, 5) is 14.4. The zero-order valence-electron chi connectivity index (χ0n) is 11.9. The second-order valence-corrected chi connectivity index (χ2v) is 5.30. The third-order valence-corrected chi connectivity index (χ3v) is 3.84. The zero-order valence-corrected chi connectivity index (χ0v) is 11.9. The summed E-state index contributed by atoms with van der Waals surface area (Å²) < 4.78 is 18.2. The lowest BCUT2D eigenvalue weighted by atomic mass is 10.1. The molecule has 1 fully saturated rings. The molecule has 1 aromatic carbocycles. The van der Waals surface area contributed by atoms with Gasteiger partial charge < -0.3 is 15.4 Å². The molecule has 1 saturated carbocycles. The van der Waals surface area contributed by atoms with Crippen molar-refractivity contribution in [2.24, 2.45) is 5.92 Å². The molecule has 1 amide bonds. The summed E-state index contributed by atoms with van der Waals surface area (Å²) in [5, 5.41) is 0. The van der Waals surface area contributed by atoms with E-state index in [1.54, 1.807) is 12.0 Å². The molecule has 0 bridgehead atoms. The van der Waals surface area contributed by atoms with Crippen molar-refractivity contribution >= 4 is 11.6 Å². The Kier molecular flexibility index (Phi) is 4.60. The smallest absolute Gasteiger partial charge is 0.256 e. The van der Waals surface area contributed by atoms with Gasteiger partial charge in [-0.1, -0.05) is 0 Å². The van der Waals surface area contributed by atoms with Crippen molar-refractivity contribution in [1.29, 1.82) is 0 Å². The lowest BCUT2D eigenvalue weighted by molar-refractivity contribution is 0.0595. The lowest BCUT2D eigenvalue weighted by Gasteiger charge is -2.29. The molecule has 4 nitrogen and oxygen atoms in total. The highest BCUT2D eigenvalue weighted by Gasteiger charge is 2.34. The third kappa shape index (κ3) is 3.28. The summed E-state index contributed by atoms with van der Waals surface area (Å²) in [7, 11) is 1.61. The Balaban J connectivity index is 2.20. The van der Waals surface area contributed by atoms with Crippen LogP contribution in [0.4, 0.5) is 10.1 Å². The van der Waals surface area contributed by atoms with E-state index in [-0.39, 0.29) is 17.6 Å². The van der Waals surface area contributed by atoms with Gasteiger partial charge in [-0.15, -0.1) is 0 Å². The predicted molar refractivity (Wildman–Crippen MR) is 75.9 cm³/mol. The van der Waals surface area contributed by atoms with E-state index in [0.717, 1.165) is 12.8 Å². The van der Waals surface area contributed by atoms with Gasteiger partial charge in [0.15, 0.2) is 0 Å². The standard InChI is InChI=1S/C15H21FN2O2/c1-10(11-3-4-11)18(7-8-20-2)15(19)13-6-5-12(16)9-14(13)17/h5-6,9-11H,3-4,7-8,17H2,1-2H3. The molecular formula is C15H21FN2O2. The van der Waals surface area contributed by atoms with Crippen molar-refractivity contribution in [3.05, 3.63) is 29.6 Å². The first-order valence-corrected chi connectivity index (χ1v) is 6.89. The van der Waals surface area contributed by atoms with Crippen molar-refractivity contribution < 1.29 is 13.9 Å². The van der Waals surface area contributed by atoms with Crippen LogP contribution < -0.4 is 5.73 Å². The van der Waals surface area contributed by atoms with Crippen LogP contribution in [0.5, 0.6) is 0 Å². The molecule has 0 saturated heterocycles. The first-order valence-electron chi connectivity index (χ1n) is 6.89. The quantitative estimate of drug-likeness (QED) is 0.813. The van der Waals surface area contributed by atoms with Crippen LogP contribution in [0.3, 0.4) is 0 Å². The molecule has 1 atom stereocenters. The maximum Gasteiger partial charge on any atom is 0.256 e. The predicted octanol–water partition coefficient (Wildman–Crippen LogP) is 2.29. The van der Waals surface area contributed by atoms with Gasteiger partial charge in [0.1, 0.15) is 5.82 Å². The number of nitrogens with zero attached hydrogens (tertiary/aromatic N) is 1. The second-order valence-electron chi connectivity index (χ2n) is 5.30. The average molecular weight is 280 g/mol. The van der Waals surface area contributed by atoms with Gasteiger partial charge in [-0.05, 0) is 43.9 Å². The number of amides is 1. The molecule has 0 spiro atoms. The Hall–Kier alpha value is -1.62. The van der Waals surface area contributed by atoms with Gasteiger partial charge >= 0.3 is 0 Å². The van der Waals surface area contributed by atoms with Crippen molar-refractivity contribution in [1.82, 2.24) is 4.90 Å². The Morgan fingerprint density at radius 3 is 2.80 bits per heavy atom. The van der Waals surface area contributed by atoms with Crippen LogP contribution in [0.1, 0.15) is 30.1 Å². The van der Waals surface area contributed by atoms with Crippen molar-refractivity contribution in [2.45, 2.75) is 25.8 Å². The fourth-order valence-corrected chi connectivity index (χ4v) is 2.40. The number of carbonyl (C=O) groups is 1. The SMILES string of the molecule is COCCN(C(=O)c1ccc(F)cc1N)C(C)C1CC1. The minimum atomic E-state index is -0.433. The largest absolute Gasteiger partial charge is 0.398 e. The lowest BCUT2D eigenvalue weighted by Crippen LogP contribution is -2.42. The van der Waals surface area contributed by atoms with E-state index in [0.29, 0.717) is 24.6 Å². The first kappa shape index (κ1) is 14.8. The number of carbonyl (C=O) groups excluding carboxylic acids is 1. The third-order valence-electron chi connectivity index (χ3n) is 3.84. The monoisotopic (exact) mass is 280 g/mol.